The Morgan fingerprint density at radius 1 is 1.30 bits per heavy atom. The number of carbonyl (C=O) groups is 1. The van der Waals surface area contributed by atoms with Crippen LogP contribution in [-0.4, -0.2) is 28.9 Å². The second kappa shape index (κ2) is 7.98. The average molecular weight is 312 g/mol. The molecule has 0 radical (unpaired) electrons. The second-order valence-electron chi connectivity index (χ2n) is 4.97. The molecule has 0 bridgehead atoms. The van der Waals surface area contributed by atoms with E-state index in [9.17, 15) is 9.59 Å². The Balaban J connectivity index is 2.19. The van der Waals surface area contributed by atoms with Crippen LogP contribution in [0.3, 0.4) is 0 Å². The zero-order valence-electron chi connectivity index (χ0n) is 13.1. The molecule has 0 aliphatic rings. The Morgan fingerprint density at radius 3 is 2.74 bits per heavy atom. The van der Waals surface area contributed by atoms with Crippen LogP contribution >= 0.6 is 0 Å². The molecule has 0 unspecified atom stereocenters. The van der Waals surface area contributed by atoms with Gasteiger partial charge in [-0.25, -0.2) is 0 Å². The maximum absolute atomic E-state index is 12.6. The smallest absolute Gasteiger partial charge is 0.255 e. The minimum absolute atomic E-state index is 0.137. The molecular formula is C18H20N2O3. The Kier molecular flexibility index (Phi) is 5.74. The van der Waals surface area contributed by atoms with Crippen molar-refractivity contribution in [3.05, 3.63) is 76.7 Å². The lowest BCUT2D eigenvalue weighted by molar-refractivity contribution is 0.0751. The number of amides is 1. The highest BCUT2D eigenvalue weighted by atomic mass is 16.5. The Bertz CT molecular complexity index is 717. The Hall–Kier alpha value is -2.82. The molecule has 1 aromatic heterocycles. The standard InChI is InChI=1S/C18H20N2O3/c1-3-11-23-16-8-6-5-7-15(16)13-20(4-2)18(22)14-9-10-17(21)19-12-14/h3,5-10,12H,1,4,11,13H2,2H3,(H,19,21). The lowest BCUT2D eigenvalue weighted by atomic mass is 10.1. The van der Waals surface area contributed by atoms with E-state index in [2.05, 4.69) is 11.6 Å². The fraction of sp³-hybridized carbons (Fsp3) is 0.222. The third kappa shape index (κ3) is 4.32. The van der Waals surface area contributed by atoms with Crippen molar-refractivity contribution < 1.29 is 9.53 Å². The van der Waals surface area contributed by atoms with Gasteiger partial charge >= 0.3 is 0 Å². The highest BCUT2D eigenvalue weighted by molar-refractivity contribution is 5.93. The summed E-state index contributed by atoms with van der Waals surface area (Å²) in [5.41, 5.74) is 1.15. The lowest BCUT2D eigenvalue weighted by Gasteiger charge is -2.22. The molecule has 0 aliphatic heterocycles. The van der Waals surface area contributed by atoms with Gasteiger partial charge in [-0.1, -0.05) is 30.9 Å². The van der Waals surface area contributed by atoms with Gasteiger partial charge in [-0.15, -0.1) is 0 Å². The number of hydrogen-bond acceptors (Lipinski definition) is 3. The van der Waals surface area contributed by atoms with Gasteiger partial charge in [0.05, 0.1) is 5.56 Å². The van der Waals surface area contributed by atoms with Gasteiger partial charge in [-0.3, -0.25) is 9.59 Å². The summed E-state index contributed by atoms with van der Waals surface area (Å²) in [4.78, 5) is 27.9. The first-order chi connectivity index (χ1) is 11.2. The molecule has 0 fully saturated rings. The fourth-order valence-electron chi connectivity index (χ4n) is 2.18. The monoisotopic (exact) mass is 312 g/mol. The topological polar surface area (TPSA) is 62.4 Å². The number of hydrogen-bond donors (Lipinski definition) is 1. The summed E-state index contributed by atoms with van der Waals surface area (Å²) in [5, 5.41) is 0. The van der Waals surface area contributed by atoms with Gasteiger partial charge in [-0.2, -0.15) is 0 Å². The molecule has 5 heteroatoms. The first-order valence-electron chi connectivity index (χ1n) is 7.45. The molecule has 2 rings (SSSR count). The van der Waals surface area contributed by atoms with Crippen molar-refractivity contribution in [2.24, 2.45) is 0 Å². The number of pyridine rings is 1. The minimum atomic E-state index is -0.229. The van der Waals surface area contributed by atoms with Crippen molar-refractivity contribution in [3.63, 3.8) is 0 Å². The fourth-order valence-corrected chi connectivity index (χ4v) is 2.18. The summed E-state index contributed by atoms with van der Waals surface area (Å²) in [6, 6.07) is 10.5. The largest absolute Gasteiger partial charge is 0.489 e. The predicted molar refractivity (Wildman–Crippen MR) is 89.6 cm³/mol. The zero-order chi connectivity index (χ0) is 16.7. The molecule has 120 valence electrons. The molecule has 1 aromatic carbocycles. The molecule has 1 heterocycles. The third-order valence-electron chi connectivity index (χ3n) is 3.39. The van der Waals surface area contributed by atoms with E-state index in [1.54, 1.807) is 11.0 Å². The van der Waals surface area contributed by atoms with Crippen LogP contribution in [0.15, 0.2) is 60.0 Å². The minimum Gasteiger partial charge on any atom is -0.489 e. The van der Waals surface area contributed by atoms with E-state index >= 15 is 0 Å². The molecule has 2 aromatic rings. The van der Waals surface area contributed by atoms with E-state index in [1.807, 2.05) is 31.2 Å². The molecule has 0 spiro atoms. The summed E-state index contributed by atoms with van der Waals surface area (Å²) in [5.74, 6) is 0.599. The van der Waals surface area contributed by atoms with E-state index in [0.717, 1.165) is 11.3 Å². The molecule has 0 atom stereocenters. The van der Waals surface area contributed by atoms with E-state index in [1.165, 1.54) is 18.3 Å². The maximum atomic E-state index is 12.6. The summed E-state index contributed by atoms with van der Waals surface area (Å²) in [7, 11) is 0. The van der Waals surface area contributed by atoms with Crippen LogP contribution in [0.1, 0.15) is 22.8 Å². The molecular weight excluding hydrogens is 292 g/mol. The second-order valence-corrected chi connectivity index (χ2v) is 4.97. The number of benzene rings is 1. The average Bonchev–Trinajstić information content (AvgIpc) is 2.58. The van der Waals surface area contributed by atoms with Gasteiger partial charge in [0, 0.05) is 30.9 Å². The molecule has 0 aliphatic carbocycles. The van der Waals surface area contributed by atoms with Crippen LogP contribution in [0.5, 0.6) is 5.75 Å². The summed E-state index contributed by atoms with van der Waals surface area (Å²) in [6.07, 6.45) is 3.12. The number of carbonyl (C=O) groups excluding carboxylic acids is 1. The van der Waals surface area contributed by atoms with Gasteiger partial charge in [0.1, 0.15) is 12.4 Å². The van der Waals surface area contributed by atoms with E-state index in [-0.39, 0.29) is 11.5 Å². The van der Waals surface area contributed by atoms with Crippen LogP contribution in [0.25, 0.3) is 0 Å². The van der Waals surface area contributed by atoms with Gasteiger partial charge in [0.15, 0.2) is 0 Å². The van der Waals surface area contributed by atoms with Gasteiger partial charge in [0.25, 0.3) is 5.91 Å². The van der Waals surface area contributed by atoms with Crippen molar-refractivity contribution in [1.29, 1.82) is 0 Å². The van der Waals surface area contributed by atoms with Crippen molar-refractivity contribution in [2.75, 3.05) is 13.2 Å². The van der Waals surface area contributed by atoms with Crippen molar-refractivity contribution >= 4 is 5.91 Å². The molecule has 1 amide bonds. The number of H-pyrrole nitrogens is 1. The molecule has 1 N–H and O–H groups in total. The third-order valence-corrected chi connectivity index (χ3v) is 3.39. The first-order valence-corrected chi connectivity index (χ1v) is 7.45. The van der Waals surface area contributed by atoms with Crippen LogP contribution < -0.4 is 10.3 Å². The number of para-hydroxylation sites is 1. The Morgan fingerprint density at radius 2 is 2.09 bits per heavy atom. The summed E-state index contributed by atoms with van der Waals surface area (Å²) >= 11 is 0. The molecule has 23 heavy (non-hydrogen) atoms. The normalized spacial score (nSPS) is 10.1. The van der Waals surface area contributed by atoms with E-state index in [4.69, 9.17) is 4.74 Å². The SMILES string of the molecule is C=CCOc1ccccc1CN(CC)C(=O)c1ccc(=O)[nH]c1. The number of nitrogens with zero attached hydrogens (tertiary/aromatic N) is 1. The quantitative estimate of drug-likeness (QED) is 0.799. The predicted octanol–water partition coefficient (Wildman–Crippen LogP) is 2.60. The number of nitrogens with one attached hydrogen (secondary N) is 1. The highest BCUT2D eigenvalue weighted by Crippen LogP contribution is 2.20. The number of aromatic nitrogens is 1. The van der Waals surface area contributed by atoms with Gasteiger partial charge < -0.3 is 14.6 Å². The van der Waals surface area contributed by atoms with Crippen molar-refractivity contribution in [1.82, 2.24) is 9.88 Å². The van der Waals surface area contributed by atoms with Gasteiger partial charge in [-0.05, 0) is 19.1 Å². The first kappa shape index (κ1) is 16.5. The van der Waals surface area contributed by atoms with Crippen molar-refractivity contribution in [2.45, 2.75) is 13.5 Å². The molecule has 5 nitrogen and oxygen atoms in total. The van der Waals surface area contributed by atoms with Crippen molar-refractivity contribution in [3.8, 4) is 5.75 Å². The van der Waals surface area contributed by atoms with E-state index < -0.39 is 0 Å². The summed E-state index contributed by atoms with van der Waals surface area (Å²) < 4.78 is 5.63. The number of rotatable bonds is 7. The maximum Gasteiger partial charge on any atom is 0.255 e. The Labute approximate surface area is 135 Å². The van der Waals surface area contributed by atoms with E-state index in [0.29, 0.717) is 25.3 Å². The number of aromatic amines is 1. The number of ether oxygens (including phenoxy) is 1. The van der Waals surface area contributed by atoms with Crippen LogP contribution in [0, 0.1) is 0 Å². The zero-order valence-corrected chi connectivity index (χ0v) is 13.1. The van der Waals surface area contributed by atoms with Crippen LogP contribution in [0.2, 0.25) is 0 Å². The van der Waals surface area contributed by atoms with Crippen LogP contribution in [0.4, 0.5) is 0 Å². The van der Waals surface area contributed by atoms with Crippen LogP contribution in [-0.2, 0) is 6.54 Å². The van der Waals surface area contributed by atoms with Gasteiger partial charge in [0.2, 0.25) is 5.56 Å². The highest BCUT2D eigenvalue weighted by Gasteiger charge is 2.16. The molecule has 0 saturated heterocycles. The lowest BCUT2D eigenvalue weighted by Crippen LogP contribution is -2.31. The molecule has 0 saturated carbocycles. The summed E-state index contributed by atoms with van der Waals surface area (Å²) in [6.45, 7) is 6.95.